The Kier molecular flexibility index (Phi) is 8.91. The van der Waals surface area contributed by atoms with E-state index in [1.54, 1.807) is 0 Å². The fourth-order valence-corrected chi connectivity index (χ4v) is 4.03. The van der Waals surface area contributed by atoms with Crippen LogP contribution in [0.15, 0.2) is 22.5 Å². The molecule has 0 saturated carbocycles. The molecule has 26 heavy (non-hydrogen) atoms. The minimum absolute atomic E-state index is 0.0514. The Balaban J connectivity index is 1.99. The summed E-state index contributed by atoms with van der Waals surface area (Å²) in [6, 6.07) is 4.68. The number of thiophene rings is 1. The van der Waals surface area contributed by atoms with Gasteiger partial charge in [0, 0.05) is 24.5 Å². The molecule has 0 aliphatic carbocycles. The lowest BCUT2D eigenvalue weighted by atomic mass is 9.97. The molecule has 0 radical (unpaired) electrons. The van der Waals surface area contributed by atoms with Crippen LogP contribution < -0.4 is 16.0 Å². The van der Waals surface area contributed by atoms with Crippen LogP contribution in [-0.2, 0) is 4.79 Å². The highest BCUT2D eigenvalue weighted by atomic mass is 32.1. The van der Waals surface area contributed by atoms with Crippen molar-refractivity contribution in [3.63, 3.8) is 0 Å². The fraction of sp³-hybridized carbons (Fsp3) is 0.684. The molecule has 1 atom stereocenters. The third-order valence-electron chi connectivity index (χ3n) is 4.69. The van der Waals surface area contributed by atoms with E-state index in [4.69, 9.17) is 0 Å². The lowest BCUT2D eigenvalue weighted by Crippen LogP contribution is -2.45. The molecule has 2 rings (SSSR count). The van der Waals surface area contributed by atoms with E-state index < -0.39 is 0 Å². The van der Waals surface area contributed by atoms with Gasteiger partial charge >= 0.3 is 0 Å². The van der Waals surface area contributed by atoms with Gasteiger partial charge in [-0.1, -0.05) is 13.0 Å². The molecule has 146 valence electrons. The Bertz CT molecular complexity index is 552. The Morgan fingerprint density at radius 2 is 2.00 bits per heavy atom. The average Bonchev–Trinajstić information content (AvgIpc) is 3.16. The number of carbonyl (C=O) groups is 1. The molecule has 6 nitrogen and oxygen atoms in total. The number of guanidine groups is 1. The molecule has 2 heterocycles. The number of nitrogens with one attached hydrogen (secondary N) is 3. The van der Waals surface area contributed by atoms with E-state index >= 15 is 0 Å². The minimum atomic E-state index is -0.0514. The van der Waals surface area contributed by atoms with Crippen LogP contribution >= 0.6 is 11.3 Å². The van der Waals surface area contributed by atoms with Crippen LogP contribution in [0.3, 0.4) is 0 Å². The van der Waals surface area contributed by atoms with Gasteiger partial charge in [0.1, 0.15) is 6.54 Å². The fourth-order valence-electron chi connectivity index (χ4n) is 3.17. The topological polar surface area (TPSA) is 68.8 Å². The van der Waals surface area contributed by atoms with Crippen molar-refractivity contribution in [3.8, 4) is 0 Å². The second-order valence-corrected chi connectivity index (χ2v) is 7.76. The predicted octanol–water partition coefficient (Wildman–Crippen LogP) is 2.21. The quantitative estimate of drug-likeness (QED) is 0.478. The zero-order valence-corrected chi connectivity index (χ0v) is 17.1. The number of piperidine rings is 1. The first-order chi connectivity index (χ1) is 12.6. The van der Waals surface area contributed by atoms with Crippen molar-refractivity contribution in [1.29, 1.82) is 0 Å². The number of amides is 1. The van der Waals surface area contributed by atoms with E-state index in [0.29, 0.717) is 18.5 Å². The summed E-state index contributed by atoms with van der Waals surface area (Å²) in [7, 11) is 0. The van der Waals surface area contributed by atoms with Crippen molar-refractivity contribution in [2.75, 3.05) is 39.3 Å². The molecular weight excluding hydrogens is 346 g/mol. The highest BCUT2D eigenvalue weighted by molar-refractivity contribution is 7.10. The highest BCUT2D eigenvalue weighted by Crippen LogP contribution is 2.28. The van der Waals surface area contributed by atoms with Crippen molar-refractivity contribution in [2.45, 2.75) is 39.7 Å². The zero-order valence-electron chi connectivity index (χ0n) is 16.3. The molecular formula is C19H33N5OS. The third kappa shape index (κ3) is 6.61. The van der Waals surface area contributed by atoms with Gasteiger partial charge < -0.3 is 16.0 Å². The molecule has 1 aromatic heterocycles. The van der Waals surface area contributed by atoms with E-state index in [0.717, 1.165) is 32.1 Å². The Hall–Kier alpha value is -1.60. The first-order valence-electron chi connectivity index (χ1n) is 9.70. The normalized spacial score (nSPS) is 17.7. The maximum Gasteiger partial charge on any atom is 0.241 e. The van der Waals surface area contributed by atoms with E-state index in [9.17, 15) is 4.79 Å². The van der Waals surface area contributed by atoms with Gasteiger partial charge in [-0.2, -0.15) is 0 Å². The Morgan fingerprint density at radius 3 is 2.62 bits per heavy atom. The van der Waals surface area contributed by atoms with Crippen molar-refractivity contribution >= 4 is 23.2 Å². The summed E-state index contributed by atoms with van der Waals surface area (Å²) in [4.78, 5) is 20.0. The maximum absolute atomic E-state index is 11.7. The summed E-state index contributed by atoms with van der Waals surface area (Å²) in [6.45, 7) is 10.9. The number of likely N-dealkylation sites (N-methyl/N-ethyl adjacent to an activating group) is 1. The van der Waals surface area contributed by atoms with Gasteiger partial charge in [-0.25, -0.2) is 4.99 Å². The van der Waals surface area contributed by atoms with Crippen LogP contribution in [0, 0.1) is 5.92 Å². The number of likely N-dealkylation sites (tertiary alicyclic amines) is 1. The monoisotopic (exact) mass is 379 g/mol. The summed E-state index contributed by atoms with van der Waals surface area (Å²) in [5.74, 6) is 1.47. The standard InChI is InChI=1S/C19H33N5OS/c1-4-20-18(25)14-23-19(21-5-2)22-13-16(17-7-6-12-26-17)24-10-8-15(3)9-11-24/h6-7,12,15-16H,4-5,8-11,13-14H2,1-3H3,(H,20,25)(H2,21,22,23). The van der Waals surface area contributed by atoms with Crippen LogP contribution in [0.25, 0.3) is 0 Å². The lowest BCUT2D eigenvalue weighted by Gasteiger charge is -2.36. The van der Waals surface area contributed by atoms with Crippen molar-refractivity contribution < 1.29 is 4.79 Å². The second kappa shape index (κ2) is 11.2. The molecule has 3 N–H and O–H groups in total. The van der Waals surface area contributed by atoms with Gasteiger partial charge in [0.15, 0.2) is 5.96 Å². The second-order valence-electron chi connectivity index (χ2n) is 6.78. The number of carbonyl (C=O) groups excluding carboxylic acids is 1. The van der Waals surface area contributed by atoms with Crippen LogP contribution in [0.2, 0.25) is 0 Å². The van der Waals surface area contributed by atoms with Gasteiger partial charge in [0.2, 0.25) is 5.91 Å². The van der Waals surface area contributed by atoms with Gasteiger partial charge in [-0.05, 0) is 57.1 Å². The molecule has 7 heteroatoms. The molecule has 1 aliphatic heterocycles. The van der Waals surface area contributed by atoms with E-state index in [2.05, 4.69) is 50.3 Å². The smallest absolute Gasteiger partial charge is 0.241 e. The third-order valence-corrected chi connectivity index (χ3v) is 5.67. The van der Waals surface area contributed by atoms with Crippen molar-refractivity contribution in [1.82, 2.24) is 20.9 Å². The molecule has 0 aromatic carbocycles. The van der Waals surface area contributed by atoms with Crippen molar-refractivity contribution in [3.05, 3.63) is 22.4 Å². The number of nitrogens with zero attached hydrogens (tertiary/aromatic N) is 2. The maximum atomic E-state index is 11.7. The van der Waals surface area contributed by atoms with E-state index in [1.807, 2.05) is 25.2 Å². The molecule has 1 unspecified atom stereocenters. The van der Waals surface area contributed by atoms with Gasteiger partial charge in [-0.3, -0.25) is 9.69 Å². The Labute approximate surface area is 161 Å². The first kappa shape index (κ1) is 20.7. The van der Waals surface area contributed by atoms with E-state index in [-0.39, 0.29) is 12.5 Å². The predicted molar refractivity (Wildman–Crippen MR) is 110 cm³/mol. The van der Waals surface area contributed by atoms with Crippen LogP contribution in [0.4, 0.5) is 0 Å². The van der Waals surface area contributed by atoms with Crippen molar-refractivity contribution in [2.24, 2.45) is 10.9 Å². The van der Waals surface area contributed by atoms with Gasteiger partial charge in [-0.15, -0.1) is 11.3 Å². The molecule has 1 fully saturated rings. The zero-order chi connectivity index (χ0) is 18.8. The summed E-state index contributed by atoms with van der Waals surface area (Å²) in [6.07, 6.45) is 2.51. The largest absolute Gasteiger partial charge is 0.357 e. The molecule has 0 bridgehead atoms. The highest BCUT2D eigenvalue weighted by Gasteiger charge is 2.25. The molecule has 1 aliphatic rings. The number of hydrogen-bond donors (Lipinski definition) is 3. The number of rotatable bonds is 8. The number of aliphatic imine (C=N–C) groups is 1. The summed E-state index contributed by atoms with van der Waals surface area (Å²) in [5.41, 5.74) is 0. The first-order valence-corrected chi connectivity index (χ1v) is 10.6. The van der Waals surface area contributed by atoms with Gasteiger partial charge in [0.25, 0.3) is 0 Å². The summed E-state index contributed by atoms with van der Waals surface area (Å²) < 4.78 is 0. The summed E-state index contributed by atoms with van der Waals surface area (Å²) in [5, 5.41) is 11.6. The lowest BCUT2D eigenvalue weighted by molar-refractivity contribution is -0.119. The summed E-state index contributed by atoms with van der Waals surface area (Å²) >= 11 is 1.81. The van der Waals surface area contributed by atoms with Gasteiger partial charge in [0.05, 0.1) is 6.04 Å². The van der Waals surface area contributed by atoms with Crippen LogP contribution in [0.5, 0.6) is 0 Å². The van der Waals surface area contributed by atoms with E-state index in [1.165, 1.54) is 17.7 Å². The Morgan fingerprint density at radius 1 is 1.27 bits per heavy atom. The molecule has 1 amide bonds. The van der Waals surface area contributed by atoms with Crippen LogP contribution in [0.1, 0.15) is 44.5 Å². The molecule has 0 spiro atoms. The SMILES string of the molecule is CCNC(=O)CN=C(NCC)NCC(c1cccs1)N1CCC(C)CC1. The average molecular weight is 380 g/mol. The minimum Gasteiger partial charge on any atom is -0.357 e. The van der Waals surface area contributed by atoms with Crippen LogP contribution in [-0.4, -0.2) is 56.0 Å². The molecule has 1 aromatic rings. The number of hydrogen-bond acceptors (Lipinski definition) is 4. The molecule has 1 saturated heterocycles.